The Labute approximate surface area is 151 Å². The normalized spacial score (nSPS) is 10.3. The zero-order valence-corrected chi connectivity index (χ0v) is 17.2. The van der Waals surface area contributed by atoms with E-state index in [0.717, 1.165) is 0 Å². The van der Waals surface area contributed by atoms with Crippen molar-refractivity contribution in [3.63, 3.8) is 0 Å². The van der Waals surface area contributed by atoms with Crippen LogP contribution in [0, 0.1) is 0 Å². The van der Waals surface area contributed by atoms with E-state index >= 15 is 0 Å². The van der Waals surface area contributed by atoms with Crippen LogP contribution >= 0.6 is 7.82 Å². The summed E-state index contributed by atoms with van der Waals surface area (Å²) in [6, 6.07) is 0. The second kappa shape index (κ2) is 19.8. The van der Waals surface area contributed by atoms with Crippen LogP contribution in [0.3, 0.4) is 0 Å². The smallest absolute Gasteiger partial charge is 0.822 e. The van der Waals surface area contributed by atoms with Gasteiger partial charge in [0.2, 0.25) is 0 Å². The molecule has 0 spiro atoms. The zero-order chi connectivity index (χ0) is 14.3. The third-order valence-electron chi connectivity index (χ3n) is 2.50. The van der Waals surface area contributed by atoms with Gasteiger partial charge in [-0.15, -0.1) is 0 Å². The van der Waals surface area contributed by atoms with Crippen molar-refractivity contribution in [2.75, 3.05) is 0 Å². The van der Waals surface area contributed by atoms with E-state index in [2.05, 4.69) is 26.7 Å². The molecule has 0 aromatic carbocycles. The van der Waals surface area contributed by atoms with Crippen molar-refractivity contribution in [2.45, 2.75) is 75.9 Å². The second-order valence-corrected chi connectivity index (χ2v) is 6.23. The van der Waals surface area contributed by atoms with Crippen LogP contribution < -0.4 is 44.2 Å². The molecule has 0 radical (unpaired) electrons. The van der Waals surface area contributed by atoms with Crippen LogP contribution in [-0.2, 0) is 24.4 Å². The van der Waals surface area contributed by atoms with Gasteiger partial charge in [-0.05, 0) is 0 Å². The van der Waals surface area contributed by atoms with Crippen molar-refractivity contribution in [3.05, 3.63) is 0 Å². The molecule has 0 unspecified atom stereocenters. The fraction of sp³-hybridized carbons (Fsp3) is 1.00. The molecule has 0 N–H and O–H groups in total. The van der Waals surface area contributed by atoms with Gasteiger partial charge in [0.05, 0.1) is 0 Å². The number of hydrogen-bond donors (Lipinski definition) is 0. The van der Waals surface area contributed by atoms with Crippen molar-refractivity contribution < 1.29 is 68.6 Å². The molecule has 0 amide bonds. The van der Waals surface area contributed by atoms with E-state index in [-0.39, 0.29) is 29.6 Å². The van der Waals surface area contributed by atoms with Crippen LogP contribution in [0.5, 0.6) is 0 Å². The summed E-state index contributed by atoms with van der Waals surface area (Å²) in [4.78, 5) is 27.0. The fourth-order valence-corrected chi connectivity index (χ4v) is 2.09. The van der Waals surface area contributed by atoms with E-state index in [0.29, 0.717) is 0 Å². The summed E-state index contributed by atoms with van der Waals surface area (Å²) in [5.41, 5.74) is 0. The molecule has 0 fully saturated rings. The molecular weight excluding hydrogens is 358 g/mol. The molecule has 0 saturated heterocycles. The van der Waals surface area contributed by atoms with Gasteiger partial charge in [0.1, 0.15) is 0 Å². The molecule has 0 aliphatic rings. The summed E-state index contributed by atoms with van der Waals surface area (Å²) < 4.78 is 8.55. The molecule has 7 heteroatoms. The van der Waals surface area contributed by atoms with Crippen molar-refractivity contribution in [1.82, 2.24) is 0 Å². The number of phosphoric acid groups is 1. The minimum atomic E-state index is -5.39. The standard InChI is InChI=1S/C12H25.Mo.Na.H3O4P/c1-3-5-7-9-11-12-10-8-6-4-2;;;1-5(2,3)4/h1,3-12H2,2H3;;;(H3,1,2,3,4)/q;+3;+1;/p-3. The molecule has 0 aliphatic heterocycles. The van der Waals surface area contributed by atoms with Gasteiger partial charge in [0.25, 0.3) is 0 Å². The average Bonchev–Trinajstić information content (AvgIpc) is 2.25. The van der Waals surface area contributed by atoms with E-state index < -0.39 is 7.82 Å². The molecule has 0 aliphatic carbocycles. The summed E-state index contributed by atoms with van der Waals surface area (Å²) >= 11 is 2.22. The van der Waals surface area contributed by atoms with E-state index in [1.54, 1.807) is 0 Å². The Bertz CT molecular complexity index is 184. The molecule has 19 heavy (non-hydrogen) atoms. The maximum atomic E-state index is 8.55. The molecule has 0 bridgehead atoms. The largest absolute Gasteiger partial charge is 1.00 e. The minimum absolute atomic E-state index is 0. The van der Waals surface area contributed by atoms with Gasteiger partial charge >= 0.3 is 125 Å². The van der Waals surface area contributed by atoms with Crippen LogP contribution in [0.25, 0.3) is 0 Å². The SMILES string of the molecule is CCCCCCCCCCC[CH2][Mo+3].O=P([O-])([O-])[O-].[Na+]. The zero-order valence-electron chi connectivity index (χ0n) is 12.3. The van der Waals surface area contributed by atoms with Crippen molar-refractivity contribution in [1.29, 1.82) is 0 Å². The van der Waals surface area contributed by atoms with Gasteiger partial charge in [-0.3, -0.25) is 0 Å². The van der Waals surface area contributed by atoms with E-state index in [9.17, 15) is 0 Å². The molecule has 4 nitrogen and oxygen atoms in total. The molecule has 0 rings (SSSR count). The molecular formula is C12H25MoNaO4P+. The Morgan fingerprint density at radius 3 is 1.32 bits per heavy atom. The van der Waals surface area contributed by atoms with E-state index in [1.165, 1.54) is 69.0 Å². The van der Waals surface area contributed by atoms with Crippen molar-refractivity contribution in [3.8, 4) is 0 Å². The second-order valence-electron chi connectivity index (χ2n) is 4.33. The third kappa shape index (κ3) is 45.1. The molecule has 0 saturated carbocycles. The minimum Gasteiger partial charge on any atom is -0.822 e. The van der Waals surface area contributed by atoms with Crippen LogP contribution in [0.15, 0.2) is 0 Å². The monoisotopic (exact) mass is 385 g/mol. The molecule has 0 aromatic heterocycles. The van der Waals surface area contributed by atoms with Gasteiger partial charge in [-0.2, -0.15) is 7.82 Å². The Hall–Kier alpha value is 1.80. The Kier molecular flexibility index (Phi) is 26.8. The van der Waals surface area contributed by atoms with Crippen molar-refractivity contribution in [2.24, 2.45) is 0 Å². The van der Waals surface area contributed by atoms with Gasteiger partial charge in [-0.25, -0.2) is 0 Å². The number of unbranched alkanes of at least 4 members (excludes halogenated alkanes) is 9. The van der Waals surface area contributed by atoms with Crippen LogP contribution in [0.2, 0.25) is 4.81 Å². The summed E-state index contributed by atoms with van der Waals surface area (Å²) in [5.74, 6) is 0. The first-order chi connectivity index (χ1) is 8.41. The summed E-state index contributed by atoms with van der Waals surface area (Å²) in [6.45, 7) is 2.28. The van der Waals surface area contributed by atoms with Crippen LogP contribution in [-0.4, -0.2) is 0 Å². The first-order valence-electron chi connectivity index (χ1n) is 6.73. The number of hydrogen-bond acceptors (Lipinski definition) is 4. The van der Waals surface area contributed by atoms with E-state index in [4.69, 9.17) is 19.2 Å². The predicted octanol–water partition coefficient (Wildman–Crippen LogP) is -0.948. The Morgan fingerprint density at radius 1 is 0.789 bits per heavy atom. The molecule has 0 heterocycles. The fourth-order valence-electron chi connectivity index (χ4n) is 1.59. The molecule has 0 aromatic rings. The van der Waals surface area contributed by atoms with Crippen LogP contribution in [0.4, 0.5) is 0 Å². The first-order valence-corrected chi connectivity index (χ1v) is 9.61. The average molecular weight is 383 g/mol. The molecule has 0 atom stereocenters. The Morgan fingerprint density at radius 2 is 1.05 bits per heavy atom. The van der Waals surface area contributed by atoms with Gasteiger partial charge in [0, 0.05) is 0 Å². The van der Waals surface area contributed by atoms with Gasteiger partial charge in [-0.1, -0.05) is 0 Å². The summed E-state index contributed by atoms with van der Waals surface area (Å²) in [7, 11) is -5.39. The maximum Gasteiger partial charge on any atom is 1.00 e. The van der Waals surface area contributed by atoms with E-state index in [1.807, 2.05) is 0 Å². The quantitative estimate of drug-likeness (QED) is 0.277. The Balaban J connectivity index is -0.000000366. The number of rotatable bonds is 10. The maximum absolute atomic E-state index is 8.55. The topological polar surface area (TPSA) is 86.2 Å². The summed E-state index contributed by atoms with van der Waals surface area (Å²) in [6.07, 6.45) is 14.6. The molecule has 108 valence electrons. The van der Waals surface area contributed by atoms with Gasteiger partial charge < -0.3 is 19.2 Å². The van der Waals surface area contributed by atoms with Crippen LogP contribution in [0.1, 0.15) is 71.1 Å². The van der Waals surface area contributed by atoms with Gasteiger partial charge in [0.15, 0.2) is 0 Å². The first kappa shape index (κ1) is 25.7. The predicted molar refractivity (Wildman–Crippen MR) is 64.3 cm³/mol. The third-order valence-corrected chi connectivity index (χ3v) is 3.21. The van der Waals surface area contributed by atoms with Crippen molar-refractivity contribution >= 4 is 7.82 Å². The summed E-state index contributed by atoms with van der Waals surface area (Å²) in [5, 5.41) is 0.